The van der Waals surface area contributed by atoms with E-state index < -0.39 is 18.2 Å². The molecule has 3 atom stereocenters. The molecule has 0 fully saturated rings. The number of carbonyl (C=O) groups excluding carboxylic acids is 2. The number of amides is 1. The zero-order valence-electron chi connectivity index (χ0n) is 40.3. The first-order chi connectivity index (χ1) is 30.0. The summed E-state index contributed by atoms with van der Waals surface area (Å²) in [5.74, 6) is -0.623. The van der Waals surface area contributed by atoms with Gasteiger partial charge in [-0.15, -0.1) is 0 Å². The lowest BCUT2D eigenvalue weighted by atomic mass is 10.0. The molecule has 0 heterocycles. The second kappa shape index (κ2) is 48.6. The van der Waals surface area contributed by atoms with E-state index in [-0.39, 0.29) is 24.9 Å². The average Bonchev–Trinajstić information content (AvgIpc) is 3.25. The summed E-state index contributed by atoms with van der Waals surface area (Å²) in [5.41, 5.74) is 0. The maximum Gasteiger partial charge on any atom is 0.306 e. The van der Waals surface area contributed by atoms with Gasteiger partial charge in [0.1, 0.15) is 6.10 Å². The van der Waals surface area contributed by atoms with Crippen molar-refractivity contribution in [2.24, 2.45) is 0 Å². The molecule has 0 spiro atoms. The normalized spacial score (nSPS) is 13.7. The topological polar surface area (TPSA) is 95.9 Å². The minimum Gasteiger partial charge on any atom is -0.458 e. The molecule has 6 heteroatoms. The number of aliphatic hydroxyl groups is 2. The van der Waals surface area contributed by atoms with Crippen LogP contribution in [0, 0.1) is 0 Å². The van der Waals surface area contributed by atoms with Crippen molar-refractivity contribution in [1.29, 1.82) is 0 Å². The van der Waals surface area contributed by atoms with Gasteiger partial charge >= 0.3 is 5.97 Å². The number of rotatable bonds is 46. The molecule has 0 radical (unpaired) electrons. The summed E-state index contributed by atoms with van der Waals surface area (Å²) in [6, 6.07) is -0.740. The van der Waals surface area contributed by atoms with Crippen LogP contribution < -0.4 is 5.32 Å². The SMILES string of the molecule is CC/C=C/C/C=C/C/C=C/C/C=C/C/C=C/C(CC(=O)NC(CO)C(O)CCCCCCCCCCCC)OC(=O)CCCCCCCCCCCCCCCCCCCC. The smallest absolute Gasteiger partial charge is 0.306 e. The van der Waals surface area contributed by atoms with Crippen LogP contribution in [0.4, 0.5) is 0 Å². The van der Waals surface area contributed by atoms with Gasteiger partial charge in [0.05, 0.1) is 25.2 Å². The number of aliphatic hydroxyl groups excluding tert-OH is 2. The Hall–Kier alpha value is -2.44. The molecule has 0 rings (SSSR count). The monoisotopic (exact) mass is 854 g/mol. The van der Waals surface area contributed by atoms with Crippen LogP contribution in [-0.2, 0) is 14.3 Å². The standard InChI is InChI=1S/C55H99NO5/c1-4-7-10-13-16-19-22-24-26-27-28-29-31-33-36-39-42-45-48-55(60)61-51(46-43-40-37-34-32-30-25-23-20-17-14-11-8-5-2)49-54(59)56-52(50-57)53(58)47-44-41-38-35-21-18-15-12-9-6-3/h8,11,17,20,25,30,34,37,43,46,51-53,57-58H,4-7,9-10,12-16,18-19,21-24,26-29,31-33,35-36,38-42,44-45,47-50H2,1-3H3,(H,56,59)/b11-8+,20-17+,30-25+,37-34+,46-43+. The molecule has 0 aromatic rings. The number of unbranched alkanes of at least 4 members (excludes halogenated alkanes) is 26. The first kappa shape index (κ1) is 58.6. The number of hydrogen-bond acceptors (Lipinski definition) is 5. The Morgan fingerprint density at radius 3 is 1.25 bits per heavy atom. The minimum atomic E-state index is -0.817. The molecule has 0 aliphatic carbocycles. The summed E-state index contributed by atoms with van der Waals surface area (Å²) in [6.45, 7) is 6.33. The van der Waals surface area contributed by atoms with Crippen LogP contribution >= 0.6 is 0 Å². The predicted molar refractivity (Wildman–Crippen MR) is 264 cm³/mol. The third kappa shape index (κ3) is 44.0. The van der Waals surface area contributed by atoms with Crippen molar-refractivity contribution < 1.29 is 24.5 Å². The van der Waals surface area contributed by atoms with Crippen LogP contribution in [-0.4, -0.2) is 46.9 Å². The van der Waals surface area contributed by atoms with Gasteiger partial charge in [0, 0.05) is 6.42 Å². The molecule has 0 aromatic carbocycles. The Labute approximate surface area is 378 Å². The van der Waals surface area contributed by atoms with E-state index in [0.29, 0.717) is 19.3 Å². The van der Waals surface area contributed by atoms with Crippen LogP contribution in [0.25, 0.3) is 0 Å². The Kier molecular flexibility index (Phi) is 46.6. The fraction of sp³-hybridized carbons (Fsp3) is 0.782. The lowest BCUT2D eigenvalue weighted by Crippen LogP contribution is -2.46. The molecule has 6 nitrogen and oxygen atoms in total. The zero-order valence-corrected chi connectivity index (χ0v) is 40.3. The predicted octanol–water partition coefficient (Wildman–Crippen LogP) is 15.6. The van der Waals surface area contributed by atoms with Gasteiger partial charge in [0.2, 0.25) is 5.91 Å². The average molecular weight is 854 g/mol. The molecule has 354 valence electrons. The first-order valence-electron chi connectivity index (χ1n) is 26.0. The summed E-state index contributed by atoms with van der Waals surface area (Å²) < 4.78 is 5.82. The second-order valence-corrected chi connectivity index (χ2v) is 17.6. The largest absolute Gasteiger partial charge is 0.458 e. The molecule has 1 amide bonds. The molecule has 3 unspecified atom stereocenters. The lowest BCUT2D eigenvalue weighted by Gasteiger charge is -2.23. The van der Waals surface area contributed by atoms with Crippen molar-refractivity contribution >= 4 is 11.9 Å². The summed E-state index contributed by atoms with van der Waals surface area (Å²) in [7, 11) is 0. The Bertz CT molecular complexity index is 1090. The van der Waals surface area contributed by atoms with E-state index >= 15 is 0 Å². The van der Waals surface area contributed by atoms with E-state index in [1.54, 1.807) is 6.08 Å². The van der Waals surface area contributed by atoms with E-state index in [1.807, 2.05) is 6.08 Å². The van der Waals surface area contributed by atoms with Crippen LogP contribution in [0.3, 0.4) is 0 Å². The molecule has 61 heavy (non-hydrogen) atoms. The van der Waals surface area contributed by atoms with Crippen LogP contribution in [0.2, 0.25) is 0 Å². The lowest BCUT2D eigenvalue weighted by molar-refractivity contribution is -0.148. The molecule has 0 saturated heterocycles. The van der Waals surface area contributed by atoms with Gasteiger partial charge in [-0.25, -0.2) is 0 Å². The second-order valence-electron chi connectivity index (χ2n) is 17.6. The third-order valence-electron chi connectivity index (χ3n) is 11.6. The van der Waals surface area contributed by atoms with Crippen molar-refractivity contribution in [2.45, 2.75) is 270 Å². The maximum atomic E-state index is 13.1. The van der Waals surface area contributed by atoms with Gasteiger partial charge in [-0.2, -0.15) is 0 Å². The Balaban J connectivity index is 4.65. The van der Waals surface area contributed by atoms with E-state index in [2.05, 4.69) is 74.7 Å². The highest BCUT2D eigenvalue weighted by molar-refractivity contribution is 5.78. The highest BCUT2D eigenvalue weighted by atomic mass is 16.5. The molecule has 0 bridgehead atoms. The molecule has 0 saturated carbocycles. The van der Waals surface area contributed by atoms with Gasteiger partial charge in [-0.3, -0.25) is 9.59 Å². The van der Waals surface area contributed by atoms with Crippen molar-refractivity contribution in [1.82, 2.24) is 5.32 Å². The van der Waals surface area contributed by atoms with Crippen molar-refractivity contribution in [3.05, 3.63) is 60.8 Å². The van der Waals surface area contributed by atoms with Gasteiger partial charge in [-0.1, -0.05) is 249 Å². The molecular formula is C55H99NO5. The van der Waals surface area contributed by atoms with Crippen LogP contribution in [0.5, 0.6) is 0 Å². The van der Waals surface area contributed by atoms with E-state index in [9.17, 15) is 19.8 Å². The van der Waals surface area contributed by atoms with E-state index in [4.69, 9.17) is 4.74 Å². The van der Waals surface area contributed by atoms with Gasteiger partial charge in [0.25, 0.3) is 0 Å². The summed E-state index contributed by atoms with van der Waals surface area (Å²) >= 11 is 0. The molecule has 0 aliphatic rings. The fourth-order valence-corrected chi connectivity index (χ4v) is 7.69. The molecule has 3 N–H and O–H groups in total. The Morgan fingerprint density at radius 2 is 0.852 bits per heavy atom. The summed E-state index contributed by atoms with van der Waals surface area (Å²) in [5, 5.41) is 23.6. The van der Waals surface area contributed by atoms with E-state index in [1.165, 1.54) is 141 Å². The third-order valence-corrected chi connectivity index (χ3v) is 11.6. The summed E-state index contributed by atoms with van der Waals surface area (Å²) in [4.78, 5) is 26.1. The number of nitrogens with one attached hydrogen (secondary N) is 1. The number of hydrogen-bond donors (Lipinski definition) is 3. The highest BCUT2D eigenvalue weighted by Gasteiger charge is 2.23. The van der Waals surface area contributed by atoms with Crippen molar-refractivity contribution in [2.75, 3.05) is 6.61 Å². The first-order valence-corrected chi connectivity index (χ1v) is 26.0. The molecule has 0 aromatic heterocycles. The van der Waals surface area contributed by atoms with Gasteiger partial charge in [-0.05, 0) is 51.0 Å². The molecule has 0 aliphatic heterocycles. The zero-order chi connectivity index (χ0) is 44.5. The molecular weight excluding hydrogens is 755 g/mol. The van der Waals surface area contributed by atoms with Crippen molar-refractivity contribution in [3.8, 4) is 0 Å². The number of esters is 1. The van der Waals surface area contributed by atoms with Gasteiger partial charge < -0.3 is 20.3 Å². The fourth-order valence-electron chi connectivity index (χ4n) is 7.69. The number of allylic oxidation sites excluding steroid dienone is 9. The number of carbonyl (C=O) groups is 2. The quantitative estimate of drug-likeness (QED) is 0.0322. The highest BCUT2D eigenvalue weighted by Crippen LogP contribution is 2.17. The maximum absolute atomic E-state index is 13.1. The Morgan fingerprint density at radius 1 is 0.492 bits per heavy atom. The van der Waals surface area contributed by atoms with Crippen LogP contribution in [0.15, 0.2) is 60.8 Å². The van der Waals surface area contributed by atoms with E-state index in [0.717, 1.165) is 64.2 Å². The summed E-state index contributed by atoms with van der Waals surface area (Å²) in [6.07, 6.45) is 60.4. The van der Waals surface area contributed by atoms with Gasteiger partial charge in [0.15, 0.2) is 0 Å². The van der Waals surface area contributed by atoms with Crippen molar-refractivity contribution in [3.63, 3.8) is 0 Å². The minimum absolute atomic E-state index is 0.0446. The van der Waals surface area contributed by atoms with Crippen LogP contribution in [0.1, 0.15) is 252 Å². The number of ether oxygens (including phenoxy) is 1.